The zero-order valence-corrected chi connectivity index (χ0v) is 6.85. The molecule has 0 bridgehead atoms. The van der Waals surface area contributed by atoms with E-state index in [9.17, 15) is 13.2 Å². The van der Waals surface area contributed by atoms with E-state index < -0.39 is 23.7 Å². The maximum Gasteiger partial charge on any atom is 0.194 e. The molecule has 1 aromatic rings. The van der Waals surface area contributed by atoms with Crippen molar-refractivity contribution in [2.75, 3.05) is 0 Å². The van der Waals surface area contributed by atoms with Gasteiger partial charge in [-0.3, -0.25) is 5.73 Å². The molecule has 1 rings (SSSR count). The highest BCUT2D eigenvalue weighted by molar-refractivity contribution is 5.25. The number of halogens is 3. The highest BCUT2D eigenvalue weighted by Crippen LogP contribution is 2.19. The zero-order chi connectivity index (χ0) is 10.0. The van der Waals surface area contributed by atoms with Crippen LogP contribution in [-0.4, -0.2) is 6.23 Å². The first kappa shape index (κ1) is 9.85. The van der Waals surface area contributed by atoms with Crippen LogP contribution >= 0.6 is 0 Å². The monoisotopic (exact) mass is 191 g/mol. The lowest BCUT2D eigenvalue weighted by Gasteiger charge is -2.09. The average Bonchev–Trinajstić information content (AvgIpc) is 1.98. The summed E-state index contributed by atoms with van der Waals surface area (Å²) in [4.78, 5) is 0. The van der Waals surface area contributed by atoms with Crippen molar-refractivity contribution in [3.05, 3.63) is 29.6 Å². The predicted molar refractivity (Wildman–Crippen MR) is 40.6 cm³/mol. The third kappa shape index (κ3) is 2.35. The maximum absolute atomic E-state index is 12.6. The van der Waals surface area contributed by atoms with Crippen molar-refractivity contribution in [2.24, 2.45) is 5.73 Å². The van der Waals surface area contributed by atoms with Crippen LogP contribution in [0.5, 0.6) is 5.75 Å². The molecule has 5 heteroatoms. The van der Waals surface area contributed by atoms with E-state index in [0.717, 1.165) is 12.1 Å². The number of nitrogens with two attached hydrogens (primary N) is 1. The van der Waals surface area contributed by atoms with Crippen LogP contribution in [0.1, 0.15) is 6.92 Å². The minimum Gasteiger partial charge on any atom is -0.476 e. The Balaban J connectivity index is 2.99. The van der Waals surface area contributed by atoms with Gasteiger partial charge in [-0.25, -0.2) is 13.2 Å². The van der Waals surface area contributed by atoms with Crippen molar-refractivity contribution in [3.8, 4) is 5.75 Å². The Morgan fingerprint density at radius 2 is 1.69 bits per heavy atom. The zero-order valence-electron chi connectivity index (χ0n) is 6.85. The highest BCUT2D eigenvalue weighted by atomic mass is 19.2. The molecule has 1 unspecified atom stereocenters. The molecule has 2 nitrogen and oxygen atoms in total. The fraction of sp³-hybridized carbons (Fsp3) is 0.250. The van der Waals surface area contributed by atoms with Crippen LogP contribution in [0.25, 0.3) is 0 Å². The molecule has 0 fully saturated rings. The molecular weight excluding hydrogens is 183 g/mol. The minimum absolute atomic E-state index is 0.133. The van der Waals surface area contributed by atoms with Crippen molar-refractivity contribution in [1.82, 2.24) is 0 Å². The molecule has 13 heavy (non-hydrogen) atoms. The molecule has 2 N–H and O–H groups in total. The van der Waals surface area contributed by atoms with Crippen LogP contribution in [0.15, 0.2) is 12.1 Å². The van der Waals surface area contributed by atoms with Gasteiger partial charge in [-0.1, -0.05) is 0 Å². The van der Waals surface area contributed by atoms with Crippen LogP contribution in [0.4, 0.5) is 13.2 Å². The lowest BCUT2D eigenvalue weighted by Crippen LogP contribution is -2.22. The lowest BCUT2D eigenvalue weighted by atomic mass is 10.3. The molecule has 0 saturated carbocycles. The Morgan fingerprint density at radius 3 is 2.08 bits per heavy atom. The summed E-state index contributed by atoms with van der Waals surface area (Å²) in [5.74, 6) is -4.24. The van der Waals surface area contributed by atoms with Crippen LogP contribution in [0.2, 0.25) is 0 Å². The normalized spacial score (nSPS) is 12.7. The van der Waals surface area contributed by atoms with Gasteiger partial charge in [0, 0.05) is 12.1 Å². The highest BCUT2D eigenvalue weighted by Gasteiger charge is 2.11. The predicted octanol–water partition coefficient (Wildman–Crippen LogP) is 1.79. The van der Waals surface area contributed by atoms with Gasteiger partial charge >= 0.3 is 0 Å². The minimum atomic E-state index is -1.52. The van der Waals surface area contributed by atoms with Gasteiger partial charge in [0.25, 0.3) is 0 Å². The van der Waals surface area contributed by atoms with E-state index in [4.69, 9.17) is 10.5 Å². The first-order valence-corrected chi connectivity index (χ1v) is 3.57. The van der Waals surface area contributed by atoms with E-state index in [1.165, 1.54) is 6.92 Å². The van der Waals surface area contributed by atoms with E-state index in [-0.39, 0.29) is 5.75 Å². The molecule has 1 atom stereocenters. The topological polar surface area (TPSA) is 35.2 Å². The van der Waals surface area contributed by atoms with Gasteiger partial charge in [0.2, 0.25) is 0 Å². The fourth-order valence-corrected chi connectivity index (χ4v) is 0.815. The maximum atomic E-state index is 12.6. The molecule has 0 aromatic heterocycles. The molecule has 0 saturated heterocycles. The van der Waals surface area contributed by atoms with E-state index in [1.54, 1.807) is 0 Å². The summed E-state index contributed by atoms with van der Waals surface area (Å²) in [6.07, 6.45) is -0.704. The molecule has 0 aliphatic carbocycles. The SMILES string of the molecule is CC(N)Oc1cc(F)c(F)c(F)c1. The standard InChI is InChI=1S/C8H8F3NO/c1-4(12)13-5-2-6(9)8(11)7(10)3-5/h2-4H,12H2,1H3. The molecule has 72 valence electrons. The van der Waals surface area contributed by atoms with Gasteiger partial charge < -0.3 is 4.74 Å². The molecule has 0 radical (unpaired) electrons. The molecule has 0 heterocycles. The van der Waals surface area contributed by atoms with E-state index in [0.29, 0.717) is 0 Å². The Bertz CT molecular complexity index is 291. The van der Waals surface area contributed by atoms with Gasteiger partial charge in [0.05, 0.1) is 0 Å². The van der Waals surface area contributed by atoms with Gasteiger partial charge in [-0.2, -0.15) is 0 Å². The molecular formula is C8H8F3NO. The summed E-state index contributed by atoms with van der Waals surface area (Å²) in [5.41, 5.74) is 5.20. The molecule has 0 spiro atoms. The van der Waals surface area contributed by atoms with Crippen molar-refractivity contribution >= 4 is 0 Å². The summed E-state index contributed by atoms with van der Waals surface area (Å²) in [6, 6.07) is 1.48. The number of ether oxygens (including phenoxy) is 1. The second-order valence-electron chi connectivity index (χ2n) is 2.52. The second kappa shape index (κ2) is 3.66. The van der Waals surface area contributed by atoms with Crippen LogP contribution in [-0.2, 0) is 0 Å². The van der Waals surface area contributed by atoms with Crippen molar-refractivity contribution in [1.29, 1.82) is 0 Å². The Hall–Kier alpha value is -1.23. The van der Waals surface area contributed by atoms with Gasteiger partial charge in [0.15, 0.2) is 17.5 Å². The van der Waals surface area contributed by atoms with Gasteiger partial charge in [0.1, 0.15) is 12.0 Å². The third-order valence-corrected chi connectivity index (χ3v) is 1.28. The summed E-state index contributed by atoms with van der Waals surface area (Å²) in [6.45, 7) is 1.49. The molecule has 0 amide bonds. The number of benzene rings is 1. The first-order chi connectivity index (χ1) is 6.00. The summed E-state index contributed by atoms with van der Waals surface area (Å²) in [7, 11) is 0. The van der Waals surface area contributed by atoms with Crippen molar-refractivity contribution < 1.29 is 17.9 Å². The Kier molecular flexibility index (Phi) is 2.77. The number of rotatable bonds is 2. The van der Waals surface area contributed by atoms with Crippen LogP contribution in [0, 0.1) is 17.5 Å². The van der Waals surface area contributed by atoms with Crippen molar-refractivity contribution in [2.45, 2.75) is 13.2 Å². The second-order valence-corrected chi connectivity index (χ2v) is 2.52. The summed E-state index contributed by atoms with van der Waals surface area (Å²) >= 11 is 0. The van der Waals surface area contributed by atoms with Crippen LogP contribution in [0.3, 0.4) is 0 Å². The quantitative estimate of drug-likeness (QED) is 0.571. The number of hydrogen-bond donors (Lipinski definition) is 1. The third-order valence-electron chi connectivity index (χ3n) is 1.28. The van der Waals surface area contributed by atoms with Crippen molar-refractivity contribution in [3.63, 3.8) is 0 Å². The van der Waals surface area contributed by atoms with Gasteiger partial charge in [-0.05, 0) is 6.92 Å². The summed E-state index contributed by atoms with van der Waals surface area (Å²) < 4.78 is 42.3. The first-order valence-electron chi connectivity index (χ1n) is 3.57. The molecule has 0 aliphatic heterocycles. The van der Waals surface area contributed by atoms with Crippen LogP contribution < -0.4 is 10.5 Å². The summed E-state index contributed by atoms with van der Waals surface area (Å²) in [5, 5.41) is 0. The molecule has 0 aliphatic rings. The van der Waals surface area contributed by atoms with Gasteiger partial charge in [-0.15, -0.1) is 0 Å². The Morgan fingerprint density at radius 1 is 1.23 bits per heavy atom. The van der Waals surface area contributed by atoms with E-state index in [2.05, 4.69) is 0 Å². The van der Waals surface area contributed by atoms with E-state index in [1.807, 2.05) is 0 Å². The molecule has 1 aromatic carbocycles. The smallest absolute Gasteiger partial charge is 0.194 e. The largest absolute Gasteiger partial charge is 0.476 e. The fourth-order valence-electron chi connectivity index (χ4n) is 0.815. The average molecular weight is 191 g/mol. The lowest BCUT2D eigenvalue weighted by molar-refractivity contribution is 0.227. The Labute approximate surface area is 73.1 Å². The number of hydrogen-bond acceptors (Lipinski definition) is 2. The van der Waals surface area contributed by atoms with E-state index >= 15 is 0 Å².